The maximum Gasteiger partial charge on any atom is 0.253 e. The molecule has 0 bridgehead atoms. The molecule has 1 heterocycles. The molecular formula is C12H13BrFNO2. The number of halogens is 2. The largest absolute Gasteiger partial charge is 0.368 e. The minimum atomic E-state index is -0.377. The van der Waals surface area contributed by atoms with E-state index in [1.54, 1.807) is 13.0 Å². The summed E-state index contributed by atoms with van der Waals surface area (Å²) in [6, 6.07) is 2.95. The smallest absolute Gasteiger partial charge is 0.253 e. The third kappa shape index (κ3) is 2.84. The van der Waals surface area contributed by atoms with Crippen molar-refractivity contribution in [3.05, 3.63) is 28.0 Å². The van der Waals surface area contributed by atoms with Crippen LogP contribution in [0.2, 0.25) is 0 Å². The molecule has 0 aromatic heterocycles. The molecule has 1 N–H and O–H groups in total. The molecule has 0 saturated carbocycles. The zero-order valence-electron chi connectivity index (χ0n) is 9.43. The first kappa shape index (κ1) is 12.5. The van der Waals surface area contributed by atoms with Crippen molar-refractivity contribution in [1.82, 2.24) is 0 Å². The van der Waals surface area contributed by atoms with Crippen LogP contribution in [0.1, 0.15) is 18.4 Å². The van der Waals surface area contributed by atoms with Gasteiger partial charge in [-0.3, -0.25) is 4.79 Å². The number of anilines is 1. The number of benzene rings is 1. The molecule has 5 heteroatoms. The molecule has 1 aromatic carbocycles. The molecule has 0 radical (unpaired) electrons. The van der Waals surface area contributed by atoms with Crippen LogP contribution in [0.4, 0.5) is 10.1 Å². The molecule has 2 rings (SSSR count). The van der Waals surface area contributed by atoms with Gasteiger partial charge in [-0.1, -0.05) is 0 Å². The van der Waals surface area contributed by atoms with Crippen molar-refractivity contribution in [3.63, 3.8) is 0 Å². The van der Waals surface area contributed by atoms with Crippen molar-refractivity contribution in [1.29, 1.82) is 0 Å². The normalized spacial score (nSPS) is 19.4. The van der Waals surface area contributed by atoms with Gasteiger partial charge in [-0.2, -0.15) is 0 Å². The average molecular weight is 302 g/mol. The van der Waals surface area contributed by atoms with E-state index in [9.17, 15) is 9.18 Å². The third-order valence-corrected chi connectivity index (χ3v) is 3.35. The van der Waals surface area contributed by atoms with Crippen molar-refractivity contribution >= 4 is 27.5 Å². The van der Waals surface area contributed by atoms with Gasteiger partial charge in [0.1, 0.15) is 11.9 Å². The van der Waals surface area contributed by atoms with E-state index < -0.39 is 0 Å². The summed E-state index contributed by atoms with van der Waals surface area (Å²) in [6.07, 6.45) is 1.27. The standard InChI is InChI=1S/C12H13BrFNO2/c1-7-5-9(14)8(13)6-10(7)15-12(16)11-3-2-4-17-11/h5-6,11H,2-4H2,1H3,(H,15,16)/t11-/m1/s1. The van der Waals surface area contributed by atoms with Gasteiger partial charge in [0, 0.05) is 12.3 Å². The Kier molecular flexibility index (Phi) is 3.79. The monoisotopic (exact) mass is 301 g/mol. The second kappa shape index (κ2) is 5.14. The van der Waals surface area contributed by atoms with Crippen LogP contribution in [0.25, 0.3) is 0 Å². The number of carbonyl (C=O) groups excluding carboxylic acids is 1. The molecule has 0 spiro atoms. The minimum Gasteiger partial charge on any atom is -0.368 e. The Labute approximate surface area is 107 Å². The molecule has 0 aliphatic carbocycles. The maximum absolute atomic E-state index is 13.2. The van der Waals surface area contributed by atoms with Crippen molar-refractivity contribution < 1.29 is 13.9 Å². The van der Waals surface area contributed by atoms with Crippen LogP contribution in [-0.4, -0.2) is 18.6 Å². The number of carbonyl (C=O) groups is 1. The van der Waals surface area contributed by atoms with Crippen LogP contribution < -0.4 is 5.32 Å². The fraction of sp³-hybridized carbons (Fsp3) is 0.417. The van der Waals surface area contributed by atoms with E-state index in [0.29, 0.717) is 22.3 Å². The zero-order valence-corrected chi connectivity index (χ0v) is 11.0. The molecule has 92 valence electrons. The summed E-state index contributed by atoms with van der Waals surface area (Å²) < 4.78 is 18.8. The summed E-state index contributed by atoms with van der Waals surface area (Å²) in [6.45, 7) is 2.38. The first-order valence-electron chi connectivity index (χ1n) is 5.46. The molecule has 1 aliphatic heterocycles. The first-order chi connectivity index (χ1) is 8.08. The molecule has 0 unspecified atom stereocenters. The SMILES string of the molecule is Cc1cc(F)c(Br)cc1NC(=O)[C@H]1CCCO1. The summed E-state index contributed by atoms with van der Waals surface area (Å²) in [5.74, 6) is -0.498. The van der Waals surface area contributed by atoms with Crippen LogP contribution >= 0.6 is 15.9 Å². The van der Waals surface area contributed by atoms with Crippen molar-refractivity contribution in [2.24, 2.45) is 0 Å². The predicted octanol–water partition coefficient (Wildman–Crippen LogP) is 3.01. The summed E-state index contributed by atoms with van der Waals surface area (Å²) in [7, 11) is 0. The summed E-state index contributed by atoms with van der Waals surface area (Å²) >= 11 is 3.10. The van der Waals surface area contributed by atoms with Crippen molar-refractivity contribution in [3.8, 4) is 0 Å². The Bertz CT molecular complexity index is 444. The second-order valence-corrected chi connectivity index (χ2v) is 4.93. The highest BCUT2D eigenvalue weighted by Crippen LogP contribution is 2.25. The molecule has 1 aromatic rings. The van der Waals surface area contributed by atoms with E-state index in [1.807, 2.05) is 0 Å². The fourth-order valence-electron chi connectivity index (χ4n) is 1.78. The number of rotatable bonds is 2. The second-order valence-electron chi connectivity index (χ2n) is 4.07. The predicted molar refractivity (Wildman–Crippen MR) is 66.4 cm³/mol. The van der Waals surface area contributed by atoms with E-state index in [1.165, 1.54) is 6.07 Å². The fourth-order valence-corrected chi connectivity index (χ4v) is 2.12. The van der Waals surface area contributed by atoms with E-state index >= 15 is 0 Å². The van der Waals surface area contributed by atoms with Gasteiger partial charge in [-0.15, -0.1) is 0 Å². The van der Waals surface area contributed by atoms with Gasteiger partial charge in [0.15, 0.2) is 0 Å². The summed E-state index contributed by atoms with van der Waals surface area (Å²) in [5.41, 5.74) is 1.30. The van der Waals surface area contributed by atoms with Gasteiger partial charge in [-0.05, 0) is 53.4 Å². The van der Waals surface area contributed by atoms with Crippen LogP contribution in [-0.2, 0) is 9.53 Å². The van der Waals surface area contributed by atoms with Crippen LogP contribution in [0.15, 0.2) is 16.6 Å². The topological polar surface area (TPSA) is 38.3 Å². The number of amides is 1. The molecule has 1 fully saturated rings. The molecular weight excluding hydrogens is 289 g/mol. The van der Waals surface area contributed by atoms with Gasteiger partial charge in [0.25, 0.3) is 5.91 Å². The third-order valence-electron chi connectivity index (χ3n) is 2.75. The molecule has 1 amide bonds. The van der Waals surface area contributed by atoms with E-state index in [-0.39, 0.29) is 17.8 Å². The van der Waals surface area contributed by atoms with Crippen LogP contribution in [0, 0.1) is 12.7 Å². The minimum absolute atomic E-state index is 0.163. The number of ether oxygens (including phenoxy) is 1. The Morgan fingerprint density at radius 2 is 2.35 bits per heavy atom. The van der Waals surface area contributed by atoms with E-state index in [2.05, 4.69) is 21.2 Å². The number of hydrogen-bond donors (Lipinski definition) is 1. The van der Waals surface area contributed by atoms with Gasteiger partial charge in [0.05, 0.1) is 4.47 Å². The lowest BCUT2D eigenvalue weighted by atomic mass is 10.1. The highest BCUT2D eigenvalue weighted by molar-refractivity contribution is 9.10. The summed E-state index contributed by atoms with van der Waals surface area (Å²) in [4.78, 5) is 11.8. The maximum atomic E-state index is 13.2. The van der Waals surface area contributed by atoms with Crippen molar-refractivity contribution in [2.45, 2.75) is 25.9 Å². The molecule has 1 atom stereocenters. The van der Waals surface area contributed by atoms with Crippen LogP contribution in [0.3, 0.4) is 0 Å². The van der Waals surface area contributed by atoms with Gasteiger partial charge in [0.2, 0.25) is 0 Å². The average Bonchev–Trinajstić information content (AvgIpc) is 2.79. The Morgan fingerprint density at radius 3 is 3.00 bits per heavy atom. The van der Waals surface area contributed by atoms with Gasteiger partial charge < -0.3 is 10.1 Å². The van der Waals surface area contributed by atoms with Gasteiger partial charge in [-0.25, -0.2) is 4.39 Å². The number of nitrogens with one attached hydrogen (secondary N) is 1. The highest BCUT2D eigenvalue weighted by Gasteiger charge is 2.24. The van der Waals surface area contributed by atoms with Gasteiger partial charge >= 0.3 is 0 Å². The first-order valence-corrected chi connectivity index (χ1v) is 6.25. The lowest BCUT2D eigenvalue weighted by Gasteiger charge is -2.13. The zero-order chi connectivity index (χ0) is 12.4. The Hall–Kier alpha value is -0.940. The molecule has 1 saturated heterocycles. The lowest BCUT2D eigenvalue weighted by Crippen LogP contribution is -2.27. The number of hydrogen-bond acceptors (Lipinski definition) is 2. The van der Waals surface area contributed by atoms with Crippen LogP contribution in [0.5, 0.6) is 0 Å². The Morgan fingerprint density at radius 1 is 1.59 bits per heavy atom. The molecule has 3 nitrogen and oxygen atoms in total. The van der Waals surface area contributed by atoms with Crippen molar-refractivity contribution in [2.75, 3.05) is 11.9 Å². The molecule has 17 heavy (non-hydrogen) atoms. The quantitative estimate of drug-likeness (QED) is 0.912. The van der Waals surface area contributed by atoms with E-state index in [4.69, 9.17) is 4.74 Å². The Balaban J connectivity index is 2.12. The lowest BCUT2D eigenvalue weighted by molar-refractivity contribution is -0.124. The highest BCUT2D eigenvalue weighted by atomic mass is 79.9. The van der Waals surface area contributed by atoms with E-state index in [0.717, 1.165) is 12.8 Å². The number of aryl methyl sites for hydroxylation is 1. The molecule has 1 aliphatic rings. The summed E-state index contributed by atoms with van der Waals surface area (Å²) in [5, 5.41) is 2.76.